The Morgan fingerprint density at radius 2 is 1.95 bits per heavy atom. The Bertz CT molecular complexity index is 1660. The number of rotatable bonds is 5. The quantitative estimate of drug-likeness (QED) is 0.315. The number of piperazine rings is 1. The first-order valence-corrected chi connectivity index (χ1v) is 12.9. The first-order chi connectivity index (χ1) is 18.8. The van der Waals surface area contributed by atoms with E-state index in [1.807, 2.05) is 17.0 Å². The number of benzene rings is 2. The second-order valence-electron chi connectivity index (χ2n) is 9.14. The standard InChI is InChI=1S/C26H21F4N7OS/c27-20-13-39-22-6-1-15(9-18(20)22)10-32-25(38)21-12-36(8-7-31-21)24-19-11-37(35-23(19)33-14-34-24)17-4-2-16(3-5-17)26(28,29)30/h1-6,9,11,13-14,21,31H,7-8,10,12H2,(H,32,38)/t21-/m0/s1. The molecule has 13 heteroatoms. The largest absolute Gasteiger partial charge is 0.416 e. The molecule has 0 unspecified atom stereocenters. The van der Waals surface area contributed by atoms with Crippen molar-refractivity contribution in [2.45, 2.75) is 18.8 Å². The summed E-state index contributed by atoms with van der Waals surface area (Å²) >= 11 is 1.33. The molecule has 1 aliphatic heterocycles. The number of hydrogen-bond donors (Lipinski definition) is 2. The zero-order valence-electron chi connectivity index (χ0n) is 20.2. The molecule has 0 saturated carbocycles. The maximum absolute atomic E-state index is 13.9. The molecule has 1 fully saturated rings. The van der Waals surface area contributed by atoms with Gasteiger partial charge < -0.3 is 15.5 Å². The smallest absolute Gasteiger partial charge is 0.353 e. The summed E-state index contributed by atoms with van der Waals surface area (Å²) in [5.41, 5.74) is 0.891. The van der Waals surface area contributed by atoms with Gasteiger partial charge in [-0.05, 0) is 42.0 Å². The molecule has 6 rings (SSSR count). The lowest BCUT2D eigenvalue weighted by Gasteiger charge is -2.33. The molecule has 0 spiro atoms. The number of carbonyl (C=O) groups is 1. The van der Waals surface area contributed by atoms with Crippen LogP contribution in [0, 0.1) is 5.82 Å². The predicted octanol–water partition coefficient (Wildman–Crippen LogP) is 4.28. The Kier molecular flexibility index (Phi) is 6.39. The number of hydrogen-bond acceptors (Lipinski definition) is 7. The van der Waals surface area contributed by atoms with Gasteiger partial charge >= 0.3 is 6.18 Å². The summed E-state index contributed by atoms with van der Waals surface area (Å²) in [6, 6.07) is 9.63. The van der Waals surface area contributed by atoms with Crippen LogP contribution >= 0.6 is 11.3 Å². The number of nitrogens with zero attached hydrogens (tertiary/aromatic N) is 5. The number of thiophene rings is 1. The number of nitrogens with one attached hydrogen (secondary N) is 2. The van der Waals surface area contributed by atoms with Crippen molar-refractivity contribution in [2.75, 3.05) is 24.5 Å². The maximum atomic E-state index is 13.9. The van der Waals surface area contributed by atoms with Crippen LogP contribution in [0.1, 0.15) is 11.1 Å². The van der Waals surface area contributed by atoms with Gasteiger partial charge in [0.2, 0.25) is 5.91 Å². The minimum atomic E-state index is -4.42. The molecule has 0 aliphatic carbocycles. The van der Waals surface area contributed by atoms with Crippen LogP contribution in [0.5, 0.6) is 0 Å². The normalized spacial score (nSPS) is 16.2. The average Bonchev–Trinajstić information content (AvgIpc) is 3.55. The van der Waals surface area contributed by atoms with Gasteiger partial charge in [-0.3, -0.25) is 4.79 Å². The number of fused-ring (bicyclic) bond motifs is 2. The van der Waals surface area contributed by atoms with Crippen molar-refractivity contribution in [3.63, 3.8) is 0 Å². The zero-order valence-corrected chi connectivity index (χ0v) is 21.1. The fourth-order valence-corrected chi connectivity index (χ4v) is 5.39. The summed E-state index contributed by atoms with van der Waals surface area (Å²) in [5, 5.41) is 13.2. The molecule has 3 aromatic heterocycles. The lowest BCUT2D eigenvalue weighted by atomic mass is 10.1. The van der Waals surface area contributed by atoms with Gasteiger partial charge in [0.25, 0.3) is 0 Å². The van der Waals surface area contributed by atoms with Crippen molar-refractivity contribution in [3.8, 4) is 5.69 Å². The summed E-state index contributed by atoms with van der Waals surface area (Å²) in [6.07, 6.45) is -1.38. The van der Waals surface area contributed by atoms with Gasteiger partial charge in [0.1, 0.15) is 24.0 Å². The van der Waals surface area contributed by atoms with Crippen LogP contribution in [-0.4, -0.2) is 51.3 Å². The van der Waals surface area contributed by atoms with E-state index < -0.39 is 17.8 Å². The van der Waals surface area contributed by atoms with Crippen LogP contribution in [-0.2, 0) is 17.5 Å². The Labute approximate surface area is 223 Å². The molecule has 8 nitrogen and oxygen atoms in total. The van der Waals surface area contributed by atoms with Gasteiger partial charge in [0, 0.05) is 47.8 Å². The van der Waals surface area contributed by atoms with Crippen molar-refractivity contribution < 1.29 is 22.4 Å². The number of halogens is 4. The molecular weight excluding hydrogens is 534 g/mol. The second kappa shape index (κ2) is 9.89. The van der Waals surface area contributed by atoms with Gasteiger partial charge in [-0.25, -0.2) is 19.0 Å². The number of alkyl halides is 3. The minimum absolute atomic E-state index is 0.198. The van der Waals surface area contributed by atoms with Gasteiger partial charge in [-0.1, -0.05) is 6.07 Å². The van der Waals surface area contributed by atoms with Gasteiger partial charge in [0.15, 0.2) is 5.65 Å². The Morgan fingerprint density at radius 1 is 1.13 bits per heavy atom. The van der Waals surface area contributed by atoms with E-state index in [0.717, 1.165) is 22.4 Å². The lowest BCUT2D eigenvalue weighted by molar-refractivity contribution is -0.137. The third-order valence-electron chi connectivity index (χ3n) is 6.60. The van der Waals surface area contributed by atoms with Crippen LogP contribution in [0.2, 0.25) is 0 Å². The lowest BCUT2D eigenvalue weighted by Crippen LogP contribution is -2.57. The summed E-state index contributed by atoms with van der Waals surface area (Å²) in [4.78, 5) is 23.6. The molecule has 1 aliphatic rings. The van der Waals surface area contributed by atoms with E-state index in [9.17, 15) is 22.4 Å². The van der Waals surface area contributed by atoms with Crippen molar-refractivity contribution in [1.82, 2.24) is 30.4 Å². The zero-order chi connectivity index (χ0) is 27.1. The fraction of sp³-hybridized carbons (Fsp3) is 0.231. The van der Waals surface area contributed by atoms with Crippen LogP contribution in [0.15, 0.2) is 60.4 Å². The topological polar surface area (TPSA) is 88.0 Å². The van der Waals surface area contributed by atoms with E-state index in [1.165, 1.54) is 39.9 Å². The summed E-state index contributed by atoms with van der Waals surface area (Å²) in [5.74, 6) is 0.109. The van der Waals surface area contributed by atoms with E-state index in [2.05, 4.69) is 25.7 Å². The highest BCUT2D eigenvalue weighted by atomic mass is 32.1. The summed E-state index contributed by atoms with van der Waals surface area (Å²) in [7, 11) is 0. The summed E-state index contributed by atoms with van der Waals surface area (Å²) in [6.45, 7) is 1.71. The maximum Gasteiger partial charge on any atom is 0.416 e. The average molecular weight is 556 g/mol. The molecule has 4 heterocycles. The highest BCUT2D eigenvalue weighted by molar-refractivity contribution is 7.17. The molecule has 1 atom stereocenters. The van der Waals surface area contributed by atoms with E-state index in [1.54, 1.807) is 12.3 Å². The fourth-order valence-electron chi connectivity index (χ4n) is 4.60. The molecule has 2 aromatic carbocycles. The van der Waals surface area contributed by atoms with Gasteiger partial charge in [-0.2, -0.15) is 13.2 Å². The van der Waals surface area contributed by atoms with Crippen LogP contribution in [0.4, 0.5) is 23.4 Å². The molecule has 0 bridgehead atoms. The molecule has 200 valence electrons. The first-order valence-electron chi connectivity index (χ1n) is 12.1. The van der Waals surface area contributed by atoms with E-state index >= 15 is 0 Å². The number of anilines is 1. The molecule has 2 N–H and O–H groups in total. The van der Waals surface area contributed by atoms with Crippen LogP contribution < -0.4 is 15.5 Å². The van der Waals surface area contributed by atoms with Crippen molar-refractivity contribution in [3.05, 3.63) is 77.3 Å². The van der Waals surface area contributed by atoms with E-state index in [-0.39, 0.29) is 18.3 Å². The van der Waals surface area contributed by atoms with Crippen molar-refractivity contribution >= 4 is 44.2 Å². The monoisotopic (exact) mass is 555 g/mol. The third-order valence-corrected chi connectivity index (χ3v) is 7.54. The molecule has 1 amide bonds. The molecular formula is C26H21F4N7OS. The van der Waals surface area contributed by atoms with Crippen molar-refractivity contribution in [2.24, 2.45) is 0 Å². The number of carbonyl (C=O) groups excluding carboxylic acids is 1. The molecule has 0 radical (unpaired) electrons. The SMILES string of the molecule is O=C(NCc1ccc2scc(F)c2c1)[C@@H]1CN(c2ncnc3nn(-c4ccc(C(F)(F)F)cc4)cc23)CCN1. The van der Waals surface area contributed by atoms with Crippen molar-refractivity contribution in [1.29, 1.82) is 0 Å². The van der Waals surface area contributed by atoms with Gasteiger partial charge in [0.05, 0.1) is 16.6 Å². The van der Waals surface area contributed by atoms with E-state index in [4.69, 9.17) is 0 Å². The van der Waals surface area contributed by atoms with Crippen LogP contribution in [0.25, 0.3) is 26.8 Å². The first kappa shape index (κ1) is 25.2. The highest BCUT2D eigenvalue weighted by Gasteiger charge is 2.30. The Morgan fingerprint density at radius 3 is 2.74 bits per heavy atom. The Hall–Kier alpha value is -4.10. The molecule has 5 aromatic rings. The van der Waals surface area contributed by atoms with Crippen LogP contribution in [0.3, 0.4) is 0 Å². The number of amides is 1. The highest BCUT2D eigenvalue weighted by Crippen LogP contribution is 2.30. The Balaban J connectivity index is 1.17. The third kappa shape index (κ3) is 5.02. The number of aromatic nitrogens is 4. The second-order valence-corrected chi connectivity index (χ2v) is 10.0. The minimum Gasteiger partial charge on any atom is -0.353 e. The van der Waals surface area contributed by atoms with E-state index in [0.29, 0.717) is 47.6 Å². The molecule has 1 saturated heterocycles. The predicted molar refractivity (Wildman–Crippen MR) is 139 cm³/mol. The summed E-state index contributed by atoms with van der Waals surface area (Å²) < 4.78 is 55.1. The van der Waals surface area contributed by atoms with Gasteiger partial charge in [-0.15, -0.1) is 16.4 Å². The molecule has 39 heavy (non-hydrogen) atoms.